The maximum absolute atomic E-state index is 13.3. The van der Waals surface area contributed by atoms with E-state index in [1.165, 1.54) is 12.5 Å². The Morgan fingerprint density at radius 3 is 2.88 bits per heavy atom. The highest BCUT2D eigenvalue weighted by atomic mass is 32.2. The van der Waals surface area contributed by atoms with Gasteiger partial charge in [-0.05, 0) is 36.0 Å². The lowest BCUT2D eigenvalue weighted by atomic mass is 10.0. The van der Waals surface area contributed by atoms with E-state index in [4.69, 9.17) is 0 Å². The van der Waals surface area contributed by atoms with Gasteiger partial charge in [-0.25, -0.2) is 13.4 Å². The molecule has 0 unspecified atom stereocenters. The topological polar surface area (TPSA) is 152 Å². The lowest BCUT2D eigenvalue weighted by Crippen LogP contribution is -2.39. The average Bonchev–Trinajstić information content (AvgIpc) is 3.50. The summed E-state index contributed by atoms with van der Waals surface area (Å²) in [4.78, 5) is 38.1. The molecule has 0 spiro atoms. The summed E-state index contributed by atoms with van der Waals surface area (Å²) in [6, 6.07) is 0. The first-order chi connectivity index (χ1) is 16.5. The molecule has 2 aromatic heterocycles. The molecule has 0 saturated heterocycles. The number of allylic oxidation sites excluding steroid dienone is 3. The van der Waals surface area contributed by atoms with E-state index in [9.17, 15) is 18.0 Å². The van der Waals surface area contributed by atoms with Crippen molar-refractivity contribution in [1.29, 1.82) is 0 Å². The first-order valence-electron chi connectivity index (χ1n) is 10.3. The number of Topliss-reactive ketones (excluding diaryl/α,β-unsaturated/α-hetero) is 1. The van der Waals surface area contributed by atoms with Crippen molar-refractivity contribution >= 4 is 39.3 Å². The number of ketones is 1. The summed E-state index contributed by atoms with van der Waals surface area (Å²) in [7, 11) is -3.94. The van der Waals surface area contributed by atoms with Gasteiger partial charge in [0.05, 0.1) is 48.3 Å². The number of hydrogen-bond acceptors (Lipinski definition) is 7. The standard InChI is InChI=1S/C22H19N7O4S/c30-13-26-18-8-14(6-7-24-18)21-22(27-15-4-2-1-3-5-15)20-16(28-21)10-29(11-17(20)31)34(32,33)19-9-23-12-25-19/h1-2,4,8-9,12-13,27-28H,6-7,10-11H2,(H,23,25)(H,24,26,30). The van der Waals surface area contributed by atoms with E-state index < -0.39 is 10.0 Å². The van der Waals surface area contributed by atoms with Gasteiger partial charge in [-0.2, -0.15) is 4.31 Å². The largest absolute Gasteiger partial charge is 0.355 e. The molecule has 1 amide bonds. The second-order valence-electron chi connectivity index (χ2n) is 7.62. The molecule has 4 N–H and O–H groups in total. The number of H-pyrrole nitrogens is 2. The fourth-order valence-electron chi connectivity index (χ4n) is 3.99. The first kappa shape index (κ1) is 21.6. The van der Waals surface area contributed by atoms with Gasteiger partial charge >= 0.3 is 0 Å². The van der Waals surface area contributed by atoms with Gasteiger partial charge in [-0.3, -0.25) is 14.6 Å². The molecule has 11 nitrogen and oxygen atoms in total. The summed E-state index contributed by atoms with van der Waals surface area (Å²) in [5.41, 5.74) is 9.23. The Bertz CT molecular complexity index is 1480. The highest BCUT2D eigenvalue weighted by molar-refractivity contribution is 7.89. The second-order valence-corrected chi connectivity index (χ2v) is 9.53. The molecule has 34 heavy (non-hydrogen) atoms. The minimum absolute atomic E-state index is 0.0252. The molecule has 0 aromatic carbocycles. The SMILES string of the molecule is O=CNC1=NCCC(c2[nH]c3c(c2NC2=C=C=CC=C2)C(=O)CN(S(=O)(=O)c2cnc[nH]2)C3)=C1. The quantitative estimate of drug-likeness (QED) is 0.363. The van der Waals surface area contributed by atoms with E-state index in [1.807, 2.05) is 0 Å². The number of carbonyl (C=O) groups excluding carboxylic acids is 2. The summed E-state index contributed by atoms with van der Waals surface area (Å²) >= 11 is 0. The number of amides is 1. The predicted octanol–water partition coefficient (Wildman–Crippen LogP) is 1.23. The van der Waals surface area contributed by atoms with Gasteiger partial charge in [0.15, 0.2) is 10.8 Å². The molecule has 0 bridgehead atoms. The number of nitrogens with one attached hydrogen (secondary N) is 4. The number of aromatic nitrogens is 3. The highest BCUT2D eigenvalue weighted by Gasteiger charge is 2.37. The van der Waals surface area contributed by atoms with Crippen LogP contribution in [0.1, 0.15) is 28.2 Å². The first-order valence-corrected chi connectivity index (χ1v) is 11.8. The van der Waals surface area contributed by atoms with Crippen LogP contribution in [0.15, 0.2) is 64.0 Å². The fraction of sp³-hybridized carbons (Fsp3) is 0.182. The Morgan fingerprint density at radius 1 is 1.26 bits per heavy atom. The van der Waals surface area contributed by atoms with Crippen molar-refractivity contribution in [2.24, 2.45) is 4.99 Å². The number of dihydropyridines is 1. The molecular weight excluding hydrogens is 458 g/mol. The zero-order chi connectivity index (χ0) is 23.7. The maximum Gasteiger partial charge on any atom is 0.260 e. The molecule has 2 aliphatic heterocycles. The van der Waals surface area contributed by atoms with Gasteiger partial charge in [0.2, 0.25) is 6.41 Å². The summed E-state index contributed by atoms with van der Waals surface area (Å²) in [6.07, 6.45) is 10.6. The molecule has 172 valence electrons. The predicted molar refractivity (Wildman–Crippen MR) is 123 cm³/mol. The Balaban J connectivity index is 1.60. The van der Waals surface area contributed by atoms with E-state index in [2.05, 4.69) is 42.0 Å². The molecule has 3 aliphatic rings. The summed E-state index contributed by atoms with van der Waals surface area (Å²) in [6.45, 7) is 0.108. The number of rotatable bonds is 6. The molecule has 12 heteroatoms. The van der Waals surface area contributed by atoms with E-state index in [-0.39, 0.29) is 23.9 Å². The van der Waals surface area contributed by atoms with E-state index >= 15 is 0 Å². The lowest BCUT2D eigenvalue weighted by molar-refractivity contribution is -0.108. The van der Waals surface area contributed by atoms with Gasteiger partial charge in [-0.15, -0.1) is 0 Å². The smallest absolute Gasteiger partial charge is 0.260 e. The van der Waals surface area contributed by atoms with Gasteiger partial charge < -0.3 is 20.6 Å². The normalized spacial score (nSPS) is 17.6. The highest BCUT2D eigenvalue weighted by Crippen LogP contribution is 2.37. The number of sulfonamides is 1. The number of aromatic amines is 2. The Labute approximate surface area is 194 Å². The Kier molecular flexibility index (Phi) is 5.48. The third-order valence-corrected chi connectivity index (χ3v) is 7.23. The molecule has 2 aromatic rings. The minimum Gasteiger partial charge on any atom is -0.355 e. The molecule has 5 rings (SSSR count). The fourth-order valence-corrected chi connectivity index (χ4v) is 5.25. The summed E-state index contributed by atoms with van der Waals surface area (Å²) in [5, 5.41) is 5.71. The van der Waals surface area contributed by atoms with Crippen molar-refractivity contribution in [1.82, 2.24) is 24.6 Å². The van der Waals surface area contributed by atoms with Gasteiger partial charge in [0.1, 0.15) is 5.84 Å². The van der Waals surface area contributed by atoms with E-state index in [0.29, 0.717) is 53.5 Å². The number of amidine groups is 1. The van der Waals surface area contributed by atoms with Crippen LogP contribution in [0.2, 0.25) is 0 Å². The van der Waals surface area contributed by atoms with Crippen LogP contribution >= 0.6 is 0 Å². The van der Waals surface area contributed by atoms with Gasteiger partial charge in [-0.1, -0.05) is 11.8 Å². The van der Waals surface area contributed by atoms with Crippen LogP contribution in [0.4, 0.5) is 5.69 Å². The van der Waals surface area contributed by atoms with Crippen molar-refractivity contribution in [3.05, 3.63) is 70.9 Å². The molecule has 4 heterocycles. The van der Waals surface area contributed by atoms with Gasteiger partial charge in [0.25, 0.3) is 10.0 Å². The second kappa shape index (κ2) is 8.62. The third kappa shape index (κ3) is 3.87. The molecule has 1 aliphatic carbocycles. The van der Waals surface area contributed by atoms with Gasteiger partial charge in [0, 0.05) is 12.2 Å². The molecule has 0 saturated carbocycles. The van der Waals surface area contributed by atoms with Crippen LogP contribution in [0.3, 0.4) is 0 Å². The van der Waals surface area contributed by atoms with Crippen molar-refractivity contribution in [3.8, 4) is 0 Å². The van der Waals surface area contributed by atoms with E-state index in [0.717, 1.165) is 9.88 Å². The van der Waals surface area contributed by atoms with Crippen LogP contribution in [-0.2, 0) is 21.4 Å². The molecule has 0 fully saturated rings. The average molecular weight is 478 g/mol. The molecule has 0 atom stereocenters. The lowest BCUT2D eigenvalue weighted by Gasteiger charge is -2.25. The summed E-state index contributed by atoms with van der Waals surface area (Å²) in [5.74, 6) is 0.0507. The maximum atomic E-state index is 13.3. The van der Waals surface area contributed by atoms with Crippen LogP contribution in [0.25, 0.3) is 5.57 Å². The Morgan fingerprint density at radius 2 is 2.15 bits per heavy atom. The molecule has 0 radical (unpaired) electrons. The zero-order valence-corrected chi connectivity index (χ0v) is 18.6. The zero-order valence-electron chi connectivity index (χ0n) is 17.8. The van der Waals surface area contributed by atoms with Crippen molar-refractivity contribution < 1.29 is 18.0 Å². The summed E-state index contributed by atoms with van der Waals surface area (Å²) < 4.78 is 27.1. The monoisotopic (exact) mass is 477 g/mol. The van der Waals surface area contributed by atoms with Crippen molar-refractivity contribution in [3.63, 3.8) is 0 Å². The van der Waals surface area contributed by atoms with Crippen LogP contribution in [-0.4, -0.2) is 58.8 Å². The number of hydrogen-bond donors (Lipinski definition) is 4. The number of imidazole rings is 1. The Hall–Kier alpha value is -4.21. The van der Waals surface area contributed by atoms with Crippen molar-refractivity contribution in [2.45, 2.75) is 18.0 Å². The number of fused-ring (bicyclic) bond motifs is 1. The molecular formula is C22H19N7O4S. The van der Waals surface area contributed by atoms with Crippen LogP contribution < -0.4 is 10.6 Å². The van der Waals surface area contributed by atoms with E-state index in [1.54, 1.807) is 24.3 Å². The number of anilines is 1. The minimum atomic E-state index is -3.94. The van der Waals surface area contributed by atoms with Crippen LogP contribution in [0.5, 0.6) is 0 Å². The van der Waals surface area contributed by atoms with Crippen LogP contribution in [0, 0.1) is 0 Å². The number of aliphatic imine (C=N–C) groups is 1. The van der Waals surface area contributed by atoms with Crippen molar-refractivity contribution in [2.75, 3.05) is 18.4 Å². The number of nitrogens with zero attached hydrogens (tertiary/aromatic N) is 3. The number of carbonyl (C=O) groups is 2. The third-order valence-electron chi connectivity index (χ3n) is 5.51.